The van der Waals surface area contributed by atoms with Crippen LogP contribution < -0.4 is 5.32 Å². The van der Waals surface area contributed by atoms with Crippen molar-refractivity contribution in [2.45, 2.75) is 32.2 Å². The van der Waals surface area contributed by atoms with E-state index in [1.54, 1.807) is 0 Å². The summed E-state index contributed by atoms with van der Waals surface area (Å²) in [7, 11) is 0. The van der Waals surface area contributed by atoms with Gasteiger partial charge in [0.2, 0.25) is 5.85 Å². The molecule has 0 saturated carbocycles. The first-order valence-electron chi connectivity index (χ1n) is 3.51. The lowest BCUT2D eigenvalue weighted by Gasteiger charge is -2.42. The first-order chi connectivity index (χ1) is 4.41. The molecular formula is C7H14FNO. The zero-order valence-corrected chi connectivity index (χ0v) is 6.70. The minimum absolute atomic E-state index is 0.280. The zero-order chi connectivity index (χ0) is 7.83. The van der Waals surface area contributed by atoms with E-state index >= 15 is 0 Å². The fourth-order valence-corrected chi connectivity index (χ4v) is 1.14. The van der Waals surface area contributed by atoms with Crippen LogP contribution in [0.25, 0.3) is 0 Å². The molecule has 0 unspecified atom stereocenters. The highest BCUT2D eigenvalue weighted by atomic mass is 19.2. The molecule has 0 amide bonds. The van der Waals surface area contributed by atoms with Gasteiger partial charge < -0.3 is 10.1 Å². The highest BCUT2D eigenvalue weighted by Gasteiger charge is 2.38. The van der Waals surface area contributed by atoms with Crippen molar-refractivity contribution in [3.05, 3.63) is 0 Å². The van der Waals surface area contributed by atoms with Crippen LogP contribution in [-0.2, 0) is 4.74 Å². The summed E-state index contributed by atoms with van der Waals surface area (Å²) in [5.41, 5.74) is -0.280. The van der Waals surface area contributed by atoms with E-state index in [1.807, 2.05) is 6.92 Å². The van der Waals surface area contributed by atoms with Gasteiger partial charge in [-0.2, -0.15) is 0 Å². The van der Waals surface area contributed by atoms with Crippen molar-refractivity contribution in [2.24, 2.45) is 0 Å². The topological polar surface area (TPSA) is 21.3 Å². The Balaban J connectivity index is 2.37. The molecular weight excluding hydrogens is 133 g/mol. The second-order valence-electron chi connectivity index (χ2n) is 3.52. The fourth-order valence-electron chi connectivity index (χ4n) is 1.14. The van der Waals surface area contributed by atoms with E-state index in [-0.39, 0.29) is 5.60 Å². The molecule has 2 nitrogen and oxygen atoms in total. The number of rotatable bonds is 2. The predicted molar refractivity (Wildman–Crippen MR) is 37.5 cm³/mol. The van der Waals surface area contributed by atoms with Gasteiger partial charge in [-0.25, -0.2) is 4.39 Å². The molecule has 1 saturated heterocycles. The Morgan fingerprint density at radius 3 is 2.10 bits per heavy atom. The van der Waals surface area contributed by atoms with Crippen LogP contribution in [0.5, 0.6) is 0 Å². The zero-order valence-electron chi connectivity index (χ0n) is 6.70. The van der Waals surface area contributed by atoms with Crippen molar-refractivity contribution in [2.75, 3.05) is 13.1 Å². The van der Waals surface area contributed by atoms with E-state index in [2.05, 4.69) is 5.32 Å². The largest absolute Gasteiger partial charge is 0.337 e. The summed E-state index contributed by atoms with van der Waals surface area (Å²) >= 11 is 0. The van der Waals surface area contributed by atoms with E-state index < -0.39 is 5.85 Å². The third kappa shape index (κ3) is 1.92. The molecule has 1 heterocycles. The van der Waals surface area contributed by atoms with Gasteiger partial charge in [0.05, 0.1) is 5.60 Å². The molecule has 0 aromatic carbocycles. The average Bonchev–Trinajstić information content (AvgIpc) is 1.57. The van der Waals surface area contributed by atoms with E-state index in [9.17, 15) is 4.39 Å². The summed E-state index contributed by atoms with van der Waals surface area (Å²) in [6.45, 7) is 6.26. The molecule has 60 valence electrons. The molecule has 0 spiro atoms. The number of hydrogen-bond donors (Lipinski definition) is 1. The van der Waals surface area contributed by atoms with Crippen molar-refractivity contribution in [3.63, 3.8) is 0 Å². The second-order valence-corrected chi connectivity index (χ2v) is 3.52. The molecule has 0 aromatic rings. The fraction of sp³-hybridized carbons (Fsp3) is 1.00. The highest BCUT2D eigenvalue weighted by molar-refractivity contribution is 4.91. The highest BCUT2D eigenvalue weighted by Crippen LogP contribution is 2.24. The summed E-state index contributed by atoms with van der Waals surface area (Å²) in [6, 6.07) is 0. The molecule has 1 aliphatic heterocycles. The maximum Gasteiger partial charge on any atom is 0.204 e. The van der Waals surface area contributed by atoms with Gasteiger partial charge in [-0.15, -0.1) is 0 Å². The van der Waals surface area contributed by atoms with E-state index in [0.717, 1.165) is 13.1 Å². The maximum atomic E-state index is 12.9. The Bertz CT molecular complexity index is 126. The predicted octanol–water partition coefficient (Wildman–Crippen LogP) is 1.07. The van der Waals surface area contributed by atoms with Gasteiger partial charge in [-0.3, -0.25) is 0 Å². The molecule has 0 bridgehead atoms. The van der Waals surface area contributed by atoms with E-state index in [0.29, 0.717) is 0 Å². The number of halogens is 1. The smallest absolute Gasteiger partial charge is 0.204 e. The van der Waals surface area contributed by atoms with E-state index in [4.69, 9.17) is 4.74 Å². The molecule has 0 aliphatic carbocycles. The van der Waals surface area contributed by atoms with Crippen LogP contribution in [0.15, 0.2) is 0 Å². The van der Waals surface area contributed by atoms with Crippen LogP contribution in [0.3, 0.4) is 0 Å². The van der Waals surface area contributed by atoms with Crippen molar-refractivity contribution in [3.8, 4) is 0 Å². The summed E-state index contributed by atoms with van der Waals surface area (Å²) < 4.78 is 18.0. The molecule has 0 atom stereocenters. The number of hydrogen-bond acceptors (Lipinski definition) is 2. The van der Waals surface area contributed by atoms with Crippen molar-refractivity contribution < 1.29 is 9.13 Å². The van der Waals surface area contributed by atoms with Crippen LogP contribution in [0.4, 0.5) is 4.39 Å². The molecule has 1 N–H and O–H groups in total. The van der Waals surface area contributed by atoms with Gasteiger partial charge in [-0.1, -0.05) is 0 Å². The third-order valence-electron chi connectivity index (χ3n) is 1.49. The van der Waals surface area contributed by atoms with Crippen LogP contribution in [0.2, 0.25) is 0 Å². The summed E-state index contributed by atoms with van der Waals surface area (Å²) in [5, 5.41) is 3.03. The Labute approximate surface area is 60.8 Å². The first-order valence-corrected chi connectivity index (χ1v) is 3.51. The Morgan fingerprint density at radius 1 is 1.50 bits per heavy atom. The van der Waals surface area contributed by atoms with E-state index in [1.165, 1.54) is 13.8 Å². The first kappa shape index (κ1) is 7.95. The standard InChI is InChI=1S/C7H14FNO/c1-6(2,8)10-7(3)4-9-5-7/h9H,4-5H2,1-3H3. The third-order valence-corrected chi connectivity index (χ3v) is 1.49. The Morgan fingerprint density at radius 2 is 2.00 bits per heavy atom. The van der Waals surface area contributed by atoms with Crippen molar-refractivity contribution in [1.29, 1.82) is 0 Å². The van der Waals surface area contributed by atoms with Gasteiger partial charge in [0.25, 0.3) is 0 Å². The monoisotopic (exact) mass is 147 g/mol. The summed E-state index contributed by atoms with van der Waals surface area (Å²) in [4.78, 5) is 0. The number of nitrogens with one attached hydrogen (secondary N) is 1. The maximum absolute atomic E-state index is 12.9. The SMILES string of the molecule is CC(C)(F)OC1(C)CNC1. The number of alkyl halides is 1. The summed E-state index contributed by atoms with van der Waals surface area (Å²) in [6.07, 6.45) is 0. The second kappa shape index (κ2) is 2.17. The molecule has 0 radical (unpaired) electrons. The molecule has 1 aliphatic rings. The van der Waals surface area contributed by atoms with Gasteiger partial charge in [0.15, 0.2) is 0 Å². The lowest BCUT2D eigenvalue weighted by molar-refractivity contribution is -0.212. The van der Waals surface area contributed by atoms with Crippen LogP contribution in [-0.4, -0.2) is 24.5 Å². The lowest BCUT2D eigenvalue weighted by Crippen LogP contribution is -2.61. The lowest BCUT2D eigenvalue weighted by atomic mass is 10.00. The Kier molecular flexibility index (Phi) is 1.73. The van der Waals surface area contributed by atoms with Gasteiger partial charge in [0, 0.05) is 13.1 Å². The minimum Gasteiger partial charge on any atom is -0.337 e. The average molecular weight is 147 g/mol. The van der Waals surface area contributed by atoms with Gasteiger partial charge >= 0.3 is 0 Å². The summed E-state index contributed by atoms with van der Waals surface area (Å²) in [5.74, 6) is -1.50. The van der Waals surface area contributed by atoms with Crippen LogP contribution >= 0.6 is 0 Å². The molecule has 1 fully saturated rings. The molecule has 3 heteroatoms. The van der Waals surface area contributed by atoms with Crippen molar-refractivity contribution in [1.82, 2.24) is 5.32 Å². The number of ether oxygens (including phenoxy) is 1. The van der Waals surface area contributed by atoms with Crippen LogP contribution in [0, 0.1) is 0 Å². The molecule has 0 aromatic heterocycles. The van der Waals surface area contributed by atoms with Gasteiger partial charge in [-0.05, 0) is 20.8 Å². The molecule has 10 heavy (non-hydrogen) atoms. The van der Waals surface area contributed by atoms with Crippen LogP contribution in [0.1, 0.15) is 20.8 Å². The quantitative estimate of drug-likeness (QED) is 0.630. The van der Waals surface area contributed by atoms with Crippen molar-refractivity contribution >= 4 is 0 Å². The minimum atomic E-state index is -1.50. The molecule has 1 rings (SSSR count). The van der Waals surface area contributed by atoms with Gasteiger partial charge in [0.1, 0.15) is 0 Å². The Hall–Kier alpha value is -0.150. The normalized spacial score (nSPS) is 24.0.